The van der Waals surface area contributed by atoms with Gasteiger partial charge in [-0.15, -0.1) is 23.1 Å². The lowest BCUT2D eigenvalue weighted by Crippen LogP contribution is -2.71. The third-order valence-corrected chi connectivity index (χ3v) is 6.27. The topological polar surface area (TPSA) is 194 Å². The van der Waals surface area contributed by atoms with Crippen LogP contribution in [-0.2, 0) is 28.8 Å². The summed E-state index contributed by atoms with van der Waals surface area (Å²) in [4.78, 5) is 55.6. The van der Waals surface area contributed by atoms with E-state index in [0.717, 1.165) is 11.3 Å². The Bertz CT molecular complexity index is 1070. The van der Waals surface area contributed by atoms with E-state index in [0.29, 0.717) is 11.3 Å². The molecule has 0 aliphatic carbocycles. The number of amides is 2. The summed E-state index contributed by atoms with van der Waals surface area (Å²) in [6.07, 6.45) is -5.08. The number of carbonyl (C=O) groups excluding carboxylic acids is 2. The van der Waals surface area contributed by atoms with Crippen LogP contribution < -0.4 is 11.1 Å². The number of oxime groups is 1. The summed E-state index contributed by atoms with van der Waals surface area (Å²) in [5.74, 6) is -4.79. The summed E-state index contributed by atoms with van der Waals surface area (Å²) in [6.45, 7) is 0.109. The number of hydrogen-bond donors (Lipinski definition) is 4. The Morgan fingerprint density at radius 2 is 1.97 bits per heavy atom. The van der Waals surface area contributed by atoms with Crippen molar-refractivity contribution in [2.75, 3.05) is 32.3 Å². The number of carboxylic acid groups (broad SMARTS) is 2. The Kier molecular flexibility index (Phi) is 9.05. The zero-order valence-electron chi connectivity index (χ0n) is 17.9. The fourth-order valence-corrected chi connectivity index (χ4v) is 4.75. The molecule has 0 radical (unpaired) electrons. The summed E-state index contributed by atoms with van der Waals surface area (Å²) in [5, 5.41) is 24.1. The molecule has 3 heterocycles. The Morgan fingerprint density at radius 1 is 1.34 bits per heavy atom. The molecule has 18 heteroatoms. The molecule has 0 aromatic carbocycles. The van der Waals surface area contributed by atoms with E-state index in [9.17, 15) is 32.7 Å². The molecule has 5 N–H and O–H groups in total. The first-order valence-electron chi connectivity index (χ1n) is 9.15. The van der Waals surface area contributed by atoms with Crippen molar-refractivity contribution in [1.29, 1.82) is 0 Å². The van der Waals surface area contributed by atoms with E-state index in [1.165, 1.54) is 30.9 Å². The molecule has 0 saturated carbocycles. The first-order valence-corrected chi connectivity index (χ1v) is 11.1. The molecule has 2 atom stereocenters. The number of fused-ring (bicyclic) bond motifs is 1. The normalized spacial score (nSPS) is 19.7. The van der Waals surface area contributed by atoms with E-state index in [4.69, 9.17) is 25.2 Å². The zero-order valence-corrected chi connectivity index (χ0v) is 19.5. The van der Waals surface area contributed by atoms with Gasteiger partial charge in [-0.25, -0.2) is 14.6 Å². The van der Waals surface area contributed by atoms with E-state index in [1.54, 1.807) is 5.38 Å². The number of nitrogens with zero attached hydrogens (tertiary/aromatic N) is 3. The summed E-state index contributed by atoms with van der Waals surface area (Å²) in [6, 6.07) is -0.894. The molecule has 2 amide bonds. The first kappa shape index (κ1) is 27.9. The minimum atomic E-state index is -5.08. The van der Waals surface area contributed by atoms with Gasteiger partial charge in [0, 0.05) is 18.2 Å². The minimum absolute atomic E-state index is 0.0980. The maximum atomic E-state index is 12.6. The van der Waals surface area contributed by atoms with Gasteiger partial charge in [0.05, 0.1) is 6.61 Å². The number of β-lactam (4-membered cyclic amide) rings is 1. The highest BCUT2D eigenvalue weighted by molar-refractivity contribution is 8.00. The van der Waals surface area contributed by atoms with Gasteiger partial charge in [-0.2, -0.15) is 13.2 Å². The number of rotatable bonds is 7. The van der Waals surface area contributed by atoms with Crippen molar-refractivity contribution in [3.63, 3.8) is 0 Å². The summed E-state index contributed by atoms with van der Waals surface area (Å²) < 4.78 is 36.8. The van der Waals surface area contributed by atoms with Crippen LogP contribution in [0.15, 0.2) is 21.8 Å². The van der Waals surface area contributed by atoms with Gasteiger partial charge in [-0.3, -0.25) is 14.5 Å². The van der Waals surface area contributed by atoms with Crippen molar-refractivity contribution in [1.82, 2.24) is 15.2 Å². The van der Waals surface area contributed by atoms with E-state index in [1.807, 2.05) is 0 Å². The van der Waals surface area contributed by atoms with Crippen molar-refractivity contribution in [2.45, 2.75) is 17.6 Å². The lowest BCUT2D eigenvalue weighted by Gasteiger charge is -2.49. The number of anilines is 1. The molecule has 3 rings (SSSR count). The fourth-order valence-electron chi connectivity index (χ4n) is 2.87. The molecule has 13 nitrogen and oxygen atoms in total. The monoisotopic (exact) mass is 541 g/mol. The molecule has 1 fully saturated rings. The number of carbonyl (C=O) groups is 4. The number of methoxy groups -OCH3 is 1. The smallest absolute Gasteiger partial charge is 0.477 e. The predicted molar refractivity (Wildman–Crippen MR) is 115 cm³/mol. The highest BCUT2D eigenvalue weighted by Gasteiger charge is 2.54. The van der Waals surface area contributed by atoms with E-state index < -0.39 is 41.3 Å². The third kappa shape index (κ3) is 6.40. The third-order valence-electron chi connectivity index (χ3n) is 4.26. The van der Waals surface area contributed by atoms with Crippen LogP contribution in [0.1, 0.15) is 5.69 Å². The number of carboxylic acids is 2. The number of ether oxygens (including phenoxy) is 1. The molecule has 35 heavy (non-hydrogen) atoms. The highest BCUT2D eigenvalue weighted by atomic mass is 32.2. The van der Waals surface area contributed by atoms with Gasteiger partial charge in [0.2, 0.25) is 0 Å². The summed E-state index contributed by atoms with van der Waals surface area (Å²) in [7, 11) is 2.73. The lowest BCUT2D eigenvalue weighted by molar-refractivity contribution is -0.192. The molecule has 2 aliphatic rings. The molecule has 1 aromatic heterocycles. The summed E-state index contributed by atoms with van der Waals surface area (Å²) in [5.41, 5.74) is 6.09. The molecule has 2 aliphatic heterocycles. The van der Waals surface area contributed by atoms with E-state index in [-0.39, 0.29) is 28.8 Å². The lowest BCUT2D eigenvalue weighted by atomic mass is 10.0. The van der Waals surface area contributed by atoms with Crippen LogP contribution in [0.2, 0.25) is 0 Å². The van der Waals surface area contributed by atoms with Gasteiger partial charge in [0.1, 0.15) is 29.9 Å². The van der Waals surface area contributed by atoms with Crippen LogP contribution in [0.25, 0.3) is 0 Å². The van der Waals surface area contributed by atoms with Gasteiger partial charge in [-0.05, 0) is 5.57 Å². The average molecular weight is 541 g/mol. The zero-order chi connectivity index (χ0) is 26.5. The molecule has 1 aromatic rings. The van der Waals surface area contributed by atoms with Crippen molar-refractivity contribution >= 4 is 57.7 Å². The second kappa shape index (κ2) is 11.4. The van der Waals surface area contributed by atoms with Crippen molar-refractivity contribution in [3.05, 3.63) is 22.3 Å². The SMILES string of the molecule is COCC1=C(C(=O)O)N2C(=O)C(NC(=O)/C(=N\OC)c3csc(N)n3)[C@H]2SC1.O=C(O)C(F)(F)F. The van der Waals surface area contributed by atoms with Gasteiger partial charge in [-0.1, -0.05) is 5.16 Å². The predicted octanol–water partition coefficient (Wildman–Crippen LogP) is 0.0941. The maximum absolute atomic E-state index is 12.6. The van der Waals surface area contributed by atoms with Crippen molar-refractivity contribution in [3.8, 4) is 0 Å². The number of halogens is 3. The van der Waals surface area contributed by atoms with Crippen LogP contribution >= 0.6 is 23.1 Å². The number of nitrogens with one attached hydrogen (secondary N) is 1. The number of nitrogens with two attached hydrogens (primary N) is 1. The van der Waals surface area contributed by atoms with Crippen molar-refractivity contribution < 1.29 is 52.1 Å². The van der Waals surface area contributed by atoms with Crippen LogP contribution in [0.3, 0.4) is 0 Å². The van der Waals surface area contributed by atoms with Gasteiger partial charge < -0.3 is 30.8 Å². The van der Waals surface area contributed by atoms with Crippen LogP contribution in [0.4, 0.5) is 18.3 Å². The van der Waals surface area contributed by atoms with Gasteiger partial charge >= 0.3 is 18.1 Å². The van der Waals surface area contributed by atoms with Gasteiger partial charge in [0.15, 0.2) is 10.8 Å². The number of aliphatic carboxylic acids is 2. The Hall–Kier alpha value is -3.38. The molecular weight excluding hydrogens is 523 g/mol. The Balaban J connectivity index is 0.000000540. The number of thioether (sulfide) groups is 1. The maximum Gasteiger partial charge on any atom is 0.490 e. The minimum Gasteiger partial charge on any atom is -0.477 e. The Morgan fingerprint density at radius 3 is 2.43 bits per heavy atom. The number of hydrogen-bond acceptors (Lipinski definition) is 11. The van der Waals surface area contributed by atoms with Crippen LogP contribution in [0.5, 0.6) is 0 Å². The quantitative estimate of drug-likeness (QED) is 0.208. The molecule has 1 saturated heterocycles. The van der Waals surface area contributed by atoms with Crippen LogP contribution in [0, 0.1) is 0 Å². The number of aromatic nitrogens is 1. The summed E-state index contributed by atoms with van der Waals surface area (Å²) >= 11 is 2.47. The van der Waals surface area contributed by atoms with Gasteiger partial charge in [0.25, 0.3) is 11.8 Å². The second-order valence-electron chi connectivity index (χ2n) is 6.55. The second-order valence-corrected chi connectivity index (χ2v) is 8.54. The van der Waals surface area contributed by atoms with Crippen LogP contribution in [-0.4, -0.2) is 93.7 Å². The van der Waals surface area contributed by atoms with Crippen molar-refractivity contribution in [2.24, 2.45) is 5.16 Å². The Labute approximate surface area is 202 Å². The molecule has 0 bridgehead atoms. The van der Waals surface area contributed by atoms with E-state index >= 15 is 0 Å². The average Bonchev–Trinajstić information content (AvgIpc) is 3.20. The number of nitrogen functional groups attached to an aromatic ring is 1. The molecular formula is C17H18F3N5O8S2. The first-order chi connectivity index (χ1) is 16.3. The number of alkyl halides is 3. The standard InChI is InChI=1S/C15H17N5O6S2.C2HF3O2/c1-25-3-6-4-27-13-9(12(22)20(13)10(6)14(23)24)18-11(21)8(19-26-2)7-5-28-15(16)17-7;3-2(4,5)1(6)7/h5,9,13H,3-4H2,1-2H3,(H2,16,17)(H,18,21)(H,23,24);(H,6,7)/b19-8-;/t9?,13-;/m1./s1. The number of thiazole rings is 1. The molecule has 192 valence electrons. The highest BCUT2D eigenvalue weighted by Crippen LogP contribution is 2.40. The molecule has 0 spiro atoms. The molecule has 1 unspecified atom stereocenters. The van der Waals surface area contributed by atoms with E-state index in [2.05, 4.69) is 15.5 Å². The fraction of sp³-hybridized carbons (Fsp3) is 0.412. The largest absolute Gasteiger partial charge is 0.490 e.